The van der Waals surface area contributed by atoms with Crippen molar-refractivity contribution in [3.63, 3.8) is 0 Å². The number of phenolic OH excluding ortho intramolecular Hbond substituents is 1. The van der Waals surface area contributed by atoms with Crippen LogP contribution >= 0.6 is 0 Å². The van der Waals surface area contributed by atoms with Crippen molar-refractivity contribution >= 4 is 0 Å². The molecule has 0 bridgehead atoms. The third-order valence-corrected chi connectivity index (χ3v) is 3.04. The molecule has 1 aromatic heterocycles. The Morgan fingerprint density at radius 3 is 2.60 bits per heavy atom. The van der Waals surface area contributed by atoms with Crippen molar-refractivity contribution in [3.05, 3.63) is 54.7 Å². The minimum atomic E-state index is 0.0782. The lowest BCUT2D eigenvalue weighted by atomic mass is 10.1. The molecule has 0 spiro atoms. The zero-order valence-electron chi connectivity index (χ0n) is 10.9. The van der Waals surface area contributed by atoms with Gasteiger partial charge in [0, 0.05) is 5.56 Å². The SMILES string of the molecule is COc1cccc(-c2cnnn2-c2ccccc2)c1O. The summed E-state index contributed by atoms with van der Waals surface area (Å²) in [6, 6.07) is 15.0. The van der Waals surface area contributed by atoms with Gasteiger partial charge in [-0.3, -0.25) is 0 Å². The first kappa shape index (κ1) is 12.2. The maximum atomic E-state index is 10.2. The van der Waals surface area contributed by atoms with Crippen LogP contribution in [-0.4, -0.2) is 27.2 Å². The summed E-state index contributed by atoms with van der Waals surface area (Å²) < 4.78 is 6.80. The van der Waals surface area contributed by atoms with Gasteiger partial charge in [-0.1, -0.05) is 29.5 Å². The van der Waals surface area contributed by atoms with E-state index in [1.165, 1.54) is 7.11 Å². The molecular weight excluding hydrogens is 254 g/mol. The van der Waals surface area contributed by atoms with Crippen molar-refractivity contribution in [2.75, 3.05) is 7.11 Å². The molecule has 100 valence electrons. The zero-order valence-corrected chi connectivity index (χ0v) is 10.9. The highest BCUT2D eigenvalue weighted by molar-refractivity contribution is 5.71. The molecule has 3 aromatic rings. The average Bonchev–Trinajstić information content (AvgIpc) is 2.97. The Balaban J connectivity index is 2.16. The van der Waals surface area contributed by atoms with Crippen LogP contribution in [0.2, 0.25) is 0 Å². The Morgan fingerprint density at radius 2 is 1.85 bits per heavy atom. The molecule has 5 heteroatoms. The summed E-state index contributed by atoms with van der Waals surface area (Å²) in [4.78, 5) is 0. The molecule has 5 nitrogen and oxygen atoms in total. The van der Waals surface area contributed by atoms with Crippen molar-refractivity contribution in [2.45, 2.75) is 0 Å². The molecule has 0 fully saturated rings. The maximum absolute atomic E-state index is 10.2. The predicted octanol–water partition coefficient (Wildman–Crippen LogP) is 2.65. The van der Waals surface area contributed by atoms with Gasteiger partial charge in [0.1, 0.15) is 0 Å². The first-order valence-electron chi connectivity index (χ1n) is 6.13. The summed E-state index contributed by atoms with van der Waals surface area (Å²) in [5.41, 5.74) is 2.20. The van der Waals surface area contributed by atoms with Crippen LogP contribution < -0.4 is 4.74 Å². The van der Waals surface area contributed by atoms with Gasteiger partial charge in [0.15, 0.2) is 11.5 Å². The largest absolute Gasteiger partial charge is 0.504 e. The van der Waals surface area contributed by atoms with Crippen molar-refractivity contribution in [1.29, 1.82) is 0 Å². The lowest BCUT2D eigenvalue weighted by Gasteiger charge is -2.10. The smallest absolute Gasteiger partial charge is 0.167 e. The highest BCUT2D eigenvalue weighted by Crippen LogP contribution is 2.36. The highest BCUT2D eigenvalue weighted by Gasteiger charge is 2.15. The quantitative estimate of drug-likeness (QED) is 0.792. The summed E-state index contributed by atoms with van der Waals surface area (Å²) >= 11 is 0. The Hall–Kier alpha value is -2.82. The molecule has 1 N–H and O–H groups in total. The fraction of sp³-hybridized carbons (Fsp3) is 0.0667. The zero-order chi connectivity index (χ0) is 13.9. The van der Waals surface area contributed by atoms with E-state index in [2.05, 4.69) is 10.3 Å². The number of phenols is 1. The van der Waals surface area contributed by atoms with Gasteiger partial charge in [0.05, 0.1) is 24.7 Å². The van der Waals surface area contributed by atoms with Crippen LogP contribution in [0.1, 0.15) is 0 Å². The Kier molecular flexibility index (Phi) is 3.09. The molecule has 0 amide bonds. The van der Waals surface area contributed by atoms with E-state index in [9.17, 15) is 5.11 Å². The molecule has 0 saturated carbocycles. The van der Waals surface area contributed by atoms with Crippen molar-refractivity contribution in [3.8, 4) is 28.4 Å². The van der Waals surface area contributed by atoms with Crippen LogP contribution in [-0.2, 0) is 0 Å². The minimum absolute atomic E-state index is 0.0782. The molecule has 20 heavy (non-hydrogen) atoms. The van der Waals surface area contributed by atoms with Crippen molar-refractivity contribution < 1.29 is 9.84 Å². The van der Waals surface area contributed by atoms with Crippen LogP contribution in [0.25, 0.3) is 16.9 Å². The van der Waals surface area contributed by atoms with E-state index in [0.29, 0.717) is 17.0 Å². The van der Waals surface area contributed by atoms with Crippen molar-refractivity contribution in [2.24, 2.45) is 0 Å². The fourth-order valence-electron chi connectivity index (χ4n) is 2.07. The maximum Gasteiger partial charge on any atom is 0.167 e. The highest BCUT2D eigenvalue weighted by atomic mass is 16.5. The van der Waals surface area contributed by atoms with Gasteiger partial charge in [-0.15, -0.1) is 5.10 Å². The van der Waals surface area contributed by atoms with E-state index < -0.39 is 0 Å². The molecule has 3 rings (SSSR count). The first-order chi connectivity index (χ1) is 9.81. The van der Waals surface area contributed by atoms with Crippen LogP contribution in [0.5, 0.6) is 11.5 Å². The Labute approximate surface area is 116 Å². The second-order valence-electron chi connectivity index (χ2n) is 4.22. The third kappa shape index (κ3) is 1.99. The molecule has 0 radical (unpaired) electrons. The number of ether oxygens (including phenoxy) is 1. The van der Waals surface area contributed by atoms with Crippen LogP contribution in [0, 0.1) is 0 Å². The van der Waals surface area contributed by atoms with E-state index >= 15 is 0 Å². The minimum Gasteiger partial charge on any atom is -0.504 e. The van der Waals surface area contributed by atoms with E-state index in [1.807, 2.05) is 36.4 Å². The third-order valence-electron chi connectivity index (χ3n) is 3.04. The van der Waals surface area contributed by atoms with E-state index in [4.69, 9.17) is 4.74 Å². The average molecular weight is 267 g/mol. The normalized spacial score (nSPS) is 10.4. The number of aromatic nitrogens is 3. The van der Waals surface area contributed by atoms with Gasteiger partial charge >= 0.3 is 0 Å². The van der Waals surface area contributed by atoms with Crippen LogP contribution in [0.4, 0.5) is 0 Å². The number of nitrogens with zero attached hydrogens (tertiary/aromatic N) is 3. The number of para-hydroxylation sites is 2. The second-order valence-corrected chi connectivity index (χ2v) is 4.22. The summed E-state index contributed by atoms with van der Waals surface area (Å²) in [7, 11) is 1.52. The molecule has 0 aliphatic heterocycles. The van der Waals surface area contributed by atoms with Gasteiger partial charge in [0.2, 0.25) is 0 Å². The van der Waals surface area contributed by atoms with E-state index in [1.54, 1.807) is 23.0 Å². The molecule has 0 aliphatic rings. The summed E-state index contributed by atoms with van der Waals surface area (Å²) in [5.74, 6) is 0.498. The molecule has 0 atom stereocenters. The number of hydrogen-bond donors (Lipinski definition) is 1. The van der Waals surface area contributed by atoms with Gasteiger partial charge in [-0.2, -0.15) is 0 Å². The standard InChI is InChI=1S/C15H13N3O2/c1-20-14-9-5-8-12(15(14)19)13-10-16-17-18(13)11-6-3-2-4-7-11/h2-10,19H,1H3. The number of rotatable bonds is 3. The predicted molar refractivity (Wildman–Crippen MR) is 75.0 cm³/mol. The molecule has 1 heterocycles. The number of hydrogen-bond acceptors (Lipinski definition) is 4. The molecular formula is C15H13N3O2. The summed E-state index contributed by atoms with van der Waals surface area (Å²) in [6.07, 6.45) is 1.61. The van der Waals surface area contributed by atoms with Crippen LogP contribution in [0.15, 0.2) is 54.7 Å². The van der Waals surface area contributed by atoms with E-state index in [0.717, 1.165) is 5.69 Å². The summed E-state index contributed by atoms with van der Waals surface area (Å²) in [6.45, 7) is 0. The number of aromatic hydroxyl groups is 1. The van der Waals surface area contributed by atoms with Gasteiger partial charge in [0.25, 0.3) is 0 Å². The van der Waals surface area contributed by atoms with Crippen molar-refractivity contribution in [1.82, 2.24) is 15.0 Å². The van der Waals surface area contributed by atoms with Crippen LogP contribution in [0.3, 0.4) is 0 Å². The lowest BCUT2D eigenvalue weighted by molar-refractivity contribution is 0.374. The fourth-order valence-corrected chi connectivity index (χ4v) is 2.07. The monoisotopic (exact) mass is 267 g/mol. The van der Waals surface area contributed by atoms with Gasteiger partial charge in [-0.25, -0.2) is 4.68 Å². The van der Waals surface area contributed by atoms with Gasteiger partial charge in [-0.05, 0) is 24.3 Å². The second kappa shape index (κ2) is 5.05. The molecule has 2 aromatic carbocycles. The molecule has 0 aliphatic carbocycles. The molecule has 0 saturated heterocycles. The topological polar surface area (TPSA) is 60.2 Å². The van der Waals surface area contributed by atoms with E-state index in [-0.39, 0.29) is 5.75 Å². The first-order valence-corrected chi connectivity index (χ1v) is 6.13. The number of methoxy groups -OCH3 is 1. The Bertz CT molecular complexity index is 723. The number of benzene rings is 2. The molecule has 0 unspecified atom stereocenters. The lowest BCUT2D eigenvalue weighted by Crippen LogP contribution is -1.99. The van der Waals surface area contributed by atoms with Gasteiger partial charge < -0.3 is 9.84 Å². The summed E-state index contributed by atoms with van der Waals surface area (Å²) in [5, 5.41) is 18.2. The Morgan fingerprint density at radius 1 is 1.05 bits per heavy atom.